The van der Waals surface area contributed by atoms with E-state index in [1.54, 1.807) is 0 Å². The van der Waals surface area contributed by atoms with Crippen molar-refractivity contribution in [1.82, 2.24) is 0 Å². The Labute approximate surface area is 350 Å². The number of hydrogen-bond donors (Lipinski definition) is 2. The predicted molar refractivity (Wildman–Crippen MR) is 239 cm³/mol. The second kappa shape index (κ2) is 43.6. The summed E-state index contributed by atoms with van der Waals surface area (Å²) >= 11 is 0. The highest BCUT2D eigenvalue weighted by molar-refractivity contribution is 7.46. The van der Waals surface area contributed by atoms with Crippen LogP contribution in [0.25, 0.3) is 0 Å². The smallest absolute Gasteiger partial charge is 0.462 e. The van der Waals surface area contributed by atoms with Crippen LogP contribution in [0, 0.1) is 0 Å². The third-order valence-corrected chi connectivity index (χ3v) is 10.6. The molecular formula is C48H87O8P. The zero-order valence-electron chi connectivity index (χ0n) is 36.7. The third-order valence-electron chi connectivity index (χ3n) is 10.1. The number of rotatable bonds is 43. The molecule has 0 spiro atoms. The molecule has 57 heavy (non-hydrogen) atoms. The minimum absolute atomic E-state index is 0.184. The number of ether oxygens (including phenoxy) is 2. The van der Waals surface area contributed by atoms with Gasteiger partial charge in [0, 0.05) is 12.8 Å². The molecule has 1 unspecified atom stereocenters. The molecule has 0 radical (unpaired) electrons. The summed E-state index contributed by atoms with van der Waals surface area (Å²) in [5.41, 5.74) is 0. The van der Waals surface area contributed by atoms with Crippen LogP contribution in [0.3, 0.4) is 0 Å². The zero-order chi connectivity index (χ0) is 41.8. The first kappa shape index (κ1) is 55.0. The van der Waals surface area contributed by atoms with Crippen LogP contribution in [0.1, 0.15) is 226 Å². The second-order valence-corrected chi connectivity index (χ2v) is 16.9. The van der Waals surface area contributed by atoms with Crippen molar-refractivity contribution in [2.45, 2.75) is 232 Å². The molecule has 0 heterocycles. The highest BCUT2D eigenvalue weighted by Crippen LogP contribution is 2.36. The Bertz CT molecular complexity index is 1060. The van der Waals surface area contributed by atoms with E-state index in [1.807, 2.05) is 0 Å². The van der Waals surface area contributed by atoms with Gasteiger partial charge in [-0.1, -0.05) is 210 Å². The van der Waals surface area contributed by atoms with Gasteiger partial charge < -0.3 is 19.3 Å². The second-order valence-electron chi connectivity index (χ2n) is 15.7. The lowest BCUT2D eigenvalue weighted by Gasteiger charge is -2.18. The van der Waals surface area contributed by atoms with Gasteiger partial charge in [0.05, 0.1) is 6.61 Å². The molecule has 9 heteroatoms. The van der Waals surface area contributed by atoms with E-state index < -0.39 is 32.5 Å². The van der Waals surface area contributed by atoms with Gasteiger partial charge in [0.15, 0.2) is 6.10 Å². The summed E-state index contributed by atoms with van der Waals surface area (Å²) in [5, 5.41) is 0. The van der Waals surface area contributed by atoms with Gasteiger partial charge >= 0.3 is 19.8 Å². The number of hydrogen-bond acceptors (Lipinski definition) is 6. The fourth-order valence-corrected chi connectivity index (χ4v) is 7.02. The molecule has 0 aromatic rings. The Hall–Kier alpha value is -1.99. The maximum absolute atomic E-state index is 12.4. The molecule has 0 aliphatic rings. The van der Waals surface area contributed by atoms with E-state index in [-0.39, 0.29) is 19.4 Å². The summed E-state index contributed by atoms with van der Waals surface area (Å²) in [6, 6.07) is 0. The number of allylic oxidation sites excluding steroid dienone is 8. The molecule has 2 N–H and O–H groups in total. The van der Waals surface area contributed by atoms with Crippen molar-refractivity contribution < 1.29 is 37.9 Å². The standard InChI is InChI=1S/C48H87O8P/c1-3-5-7-9-11-13-15-17-19-21-22-23-24-25-27-28-30-32-34-36-38-40-42-47(49)54-44-46(45-55-57(51,52)53)56-48(50)43-41-39-37-35-33-31-29-26-20-18-16-14-12-10-8-6-4-2/h6,8,12,14,18,20,29,31,46H,3-5,7,9-11,13,15-17,19,21-28,30,32-45H2,1-2H3,(H2,51,52,53)/b8-6-,14-12-,20-18-,31-29-. The molecule has 0 bridgehead atoms. The summed E-state index contributed by atoms with van der Waals surface area (Å²) in [4.78, 5) is 43.0. The quantitative estimate of drug-likeness (QED) is 0.0270. The van der Waals surface area contributed by atoms with Crippen LogP contribution in [-0.4, -0.2) is 41.0 Å². The summed E-state index contributed by atoms with van der Waals surface area (Å²) < 4.78 is 26.4. The molecule has 0 rings (SSSR count). The molecule has 8 nitrogen and oxygen atoms in total. The van der Waals surface area contributed by atoms with Gasteiger partial charge in [-0.3, -0.25) is 14.1 Å². The first-order valence-corrected chi connectivity index (χ1v) is 25.0. The van der Waals surface area contributed by atoms with Crippen molar-refractivity contribution in [3.05, 3.63) is 48.6 Å². The van der Waals surface area contributed by atoms with E-state index in [2.05, 4.69) is 67.0 Å². The Kier molecular flexibility index (Phi) is 42.1. The zero-order valence-corrected chi connectivity index (χ0v) is 37.6. The molecular weight excluding hydrogens is 735 g/mol. The van der Waals surface area contributed by atoms with Crippen molar-refractivity contribution in [2.75, 3.05) is 13.2 Å². The molecule has 0 aliphatic carbocycles. The average molecular weight is 823 g/mol. The fourth-order valence-electron chi connectivity index (χ4n) is 6.66. The van der Waals surface area contributed by atoms with Crippen LogP contribution in [-0.2, 0) is 28.2 Å². The lowest BCUT2D eigenvalue weighted by molar-refractivity contribution is -0.161. The van der Waals surface area contributed by atoms with Gasteiger partial charge in [-0.15, -0.1) is 0 Å². The molecule has 1 atom stereocenters. The van der Waals surface area contributed by atoms with Crippen LogP contribution < -0.4 is 0 Å². The minimum Gasteiger partial charge on any atom is -0.462 e. The number of unbranched alkanes of at least 4 members (excludes halogenated alkanes) is 25. The number of phosphoric ester groups is 1. The number of carbonyl (C=O) groups is 2. The number of carbonyl (C=O) groups excluding carboxylic acids is 2. The van der Waals surface area contributed by atoms with E-state index >= 15 is 0 Å². The van der Waals surface area contributed by atoms with Gasteiger partial charge in [-0.25, -0.2) is 4.57 Å². The maximum atomic E-state index is 12.4. The van der Waals surface area contributed by atoms with Crippen molar-refractivity contribution in [2.24, 2.45) is 0 Å². The molecule has 0 saturated heterocycles. The summed E-state index contributed by atoms with van der Waals surface area (Å²) in [6.07, 6.45) is 54.1. The topological polar surface area (TPSA) is 119 Å². The molecule has 0 aliphatic heterocycles. The summed E-state index contributed by atoms with van der Waals surface area (Å²) in [6.45, 7) is 3.58. The van der Waals surface area contributed by atoms with Gasteiger partial charge in [0.25, 0.3) is 0 Å². The minimum atomic E-state index is -4.76. The van der Waals surface area contributed by atoms with Gasteiger partial charge in [0.2, 0.25) is 0 Å². The summed E-state index contributed by atoms with van der Waals surface area (Å²) in [7, 11) is -4.76. The predicted octanol–water partition coefficient (Wildman–Crippen LogP) is 14.7. The van der Waals surface area contributed by atoms with E-state index in [4.69, 9.17) is 19.3 Å². The lowest BCUT2D eigenvalue weighted by atomic mass is 10.0. The van der Waals surface area contributed by atoms with Crippen LogP contribution in [0.4, 0.5) is 0 Å². The lowest BCUT2D eigenvalue weighted by Crippen LogP contribution is -2.29. The average Bonchev–Trinajstić information content (AvgIpc) is 3.18. The fraction of sp³-hybridized carbons (Fsp3) is 0.792. The van der Waals surface area contributed by atoms with E-state index in [1.165, 1.54) is 122 Å². The molecule has 0 fully saturated rings. The number of phosphoric acid groups is 1. The first-order chi connectivity index (χ1) is 27.8. The molecule has 332 valence electrons. The van der Waals surface area contributed by atoms with Crippen molar-refractivity contribution in [1.29, 1.82) is 0 Å². The Morgan fingerprint density at radius 3 is 1.26 bits per heavy atom. The molecule has 0 amide bonds. The SMILES string of the molecule is CC/C=C\C/C=C\C/C=C\C/C=C\CCCCCCC(=O)OC(COC(=O)CCCCCCCCCCCCCCCCCCCCCCCC)COP(=O)(O)O. The van der Waals surface area contributed by atoms with Gasteiger partial charge in [-0.05, 0) is 51.4 Å². The van der Waals surface area contributed by atoms with Crippen molar-refractivity contribution >= 4 is 19.8 Å². The van der Waals surface area contributed by atoms with Crippen molar-refractivity contribution in [3.8, 4) is 0 Å². The molecule has 0 saturated carbocycles. The van der Waals surface area contributed by atoms with Crippen LogP contribution in [0.15, 0.2) is 48.6 Å². The van der Waals surface area contributed by atoms with E-state index in [0.717, 1.165) is 70.6 Å². The van der Waals surface area contributed by atoms with E-state index in [0.29, 0.717) is 6.42 Å². The van der Waals surface area contributed by atoms with Crippen molar-refractivity contribution in [3.63, 3.8) is 0 Å². The Morgan fingerprint density at radius 2 is 0.842 bits per heavy atom. The summed E-state index contributed by atoms with van der Waals surface area (Å²) in [5.74, 6) is -0.905. The van der Waals surface area contributed by atoms with E-state index in [9.17, 15) is 14.2 Å². The molecule has 0 aromatic carbocycles. The van der Waals surface area contributed by atoms with Crippen LogP contribution >= 0.6 is 7.82 Å². The normalized spacial score (nSPS) is 12.8. The molecule has 0 aromatic heterocycles. The highest BCUT2D eigenvalue weighted by Gasteiger charge is 2.23. The maximum Gasteiger partial charge on any atom is 0.469 e. The Morgan fingerprint density at radius 1 is 0.474 bits per heavy atom. The Balaban J connectivity index is 3.85. The highest BCUT2D eigenvalue weighted by atomic mass is 31.2. The third kappa shape index (κ3) is 46.6. The van der Waals surface area contributed by atoms with Crippen LogP contribution in [0.5, 0.6) is 0 Å². The first-order valence-electron chi connectivity index (χ1n) is 23.4. The number of esters is 2. The van der Waals surface area contributed by atoms with Gasteiger partial charge in [0.1, 0.15) is 6.61 Å². The van der Waals surface area contributed by atoms with Crippen LogP contribution in [0.2, 0.25) is 0 Å². The monoisotopic (exact) mass is 823 g/mol. The largest absolute Gasteiger partial charge is 0.469 e. The van der Waals surface area contributed by atoms with Gasteiger partial charge in [-0.2, -0.15) is 0 Å².